The molecule has 1 amide bonds. The highest BCUT2D eigenvalue weighted by Crippen LogP contribution is 2.19. The Morgan fingerprint density at radius 2 is 1.75 bits per heavy atom. The van der Waals surface area contributed by atoms with Gasteiger partial charge in [0.2, 0.25) is 5.91 Å². The number of nitrogens with one attached hydrogen (secondary N) is 1. The van der Waals surface area contributed by atoms with Crippen LogP contribution < -0.4 is 5.32 Å². The minimum Gasteiger partial charge on any atom is -0.508 e. The maximum absolute atomic E-state index is 13.1. The maximum Gasteiger partial charge on any atom is 0.241 e. The molecule has 24 heavy (non-hydrogen) atoms. The van der Waals surface area contributed by atoms with Crippen LogP contribution in [0.2, 0.25) is 0 Å². The fourth-order valence-electron chi connectivity index (χ4n) is 2.59. The van der Waals surface area contributed by atoms with Crippen LogP contribution in [0.25, 0.3) is 0 Å². The second kappa shape index (κ2) is 8.45. The van der Waals surface area contributed by atoms with Gasteiger partial charge in [-0.05, 0) is 62.3 Å². The molecule has 0 aromatic heterocycles. The van der Waals surface area contributed by atoms with Gasteiger partial charge in [-0.15, -0.1) is 0 Å². The van der Waals surface area contributed by atoms with Crippen LogP contribution in [0.15, 0.2) is 48.5 Å². The number of nitrogens with zero attached hydrogens (tertiary/aromatic N) is 1. The molecule has 5 heteroatoms. The van der Waals surface area contributed by atoms with E-state index in [1.165, 1.54) is 12.1 Å². The average molecular weight is 330 g/mol. The third kappa shape index (κ3) is 5.06. The Kier molecular flexibility index (Phi) is 6.32. The Hall–Kier alpha value is -2.40. The SMILES string of the molecule is CN(C)[C@@H](C(=O)NCCCc1ccc(O)cc1)c1ccc(F)cc1. The summed E-state index contributed by atoms with van der Waals surface area (Å²) in [4.78, 5) is 14.3. The topological polar surface area (TPSA) is 52.6 Å². The Bertz CT molecular complexity index is 654. The van der Waals surface area contributed by atoms with Crippen LogP contribution in [0.1, 0.15) is 23.6 Å². The average Bonchev–Trinajstić information content (AvgIpc) is 2.55. The zero-order chi connectivity index (χ0) is 17.5. The lowest BCUT2D eigenvalue weighted by atomic mass is 10.0. The summed E-state index contributed by atoms with van der Waals surface area (Å²) in [6.07, 6.45) is 1.63. The molecule has 1 atom stereocenters. The second-order valence-electron chi connectivity index (χ2n) is 5.98. The summed E-state index contributed by atoms with van der Waals surface area (Å²) in [6, 6.07) is 12.6. The largest absolute Gasteiger partial charge is 0.508 e. The van der Waals surface area contributed by atoms with E-state index in [0.717, 1.165) is 24.0 Å². The van der Waals surface area contributed by atoms with Crippen LogP contribution in [0.4, 0.5) is 4.39 Å². The van der Waals surface area contributed by atoms with Crippen molar-refractivity contribution in [2.24, 2.45) is 0 Å². The van der Waals surface area contributed by atoms with E-state index < -0.39 is 6.04 Å². The predicted octanol–water partition coefficient (Wildman–Crippen LogP) is 2.88. The predicted molar refractivity (Wildman–Crippen MR) is 92.3 cm³/mol. The molecule has 0 radical (unpaired) electrons. The van der Waals surface area contributed by atoms with Crippen molar-refractivity contribution in [3.05, 3.63) is 65.5 Å². The Balaban J connectivity index is 1.86. The van der Waals surface area contributed by atoms with Gasteiger partial charge in [0.25, 0.3) is 0 Å². The molecule has 0 aliphatic heterocycles. The third-order valence-electron chi connectivity index (χ3n) is 3.83. The number of likely N-dealkylation sites (N-methyl/N-ethyl adjacent to an activating group) is 1. The molecule has 0 saturated carbocycles. The van der Waals surface area contributed by atoms with Gasteiger partial charge in [0, 0.05) is 6.54 Å². The number of hydrogen-bond donors (Lipinski definition) is 2. The minimum atomic E-state index is -0.445. The van der Waals surface area contributed by atoms with E-state index in [1.54, 1.807) is 24.3 Å². The first kappa shape index (κ1) is 17.9. The molecule has 0 saturated heterocycles. The summed E-state index contributed by atoms with van der Waals surface area (Å²) in [6.45, 7) is 0.561. The Morgan fingerprint density at radius 1 is 1.12 bits per heavy atom. The number of aromatic hydroxyl groups is 1. The molecular weight excluding hydrogens is 307 g/mol. The second-order valence-corrected chi connectivity index (χ2v) is 5.98. The molecule has 2 aromatic carbocycles. The number of phenolic OH excluding ortho intramolecular Hbond substituents is 1. The van der Waals surface area contributed by atoms with Gasteiger partial charge in [0.15, 0.2) is 0 Å². The normalized spacial score (nSPS) is 12.2. The molecule has 0 heterocycles. The van der Waals surface area contributed by atoms with Crippen LogP contribution in [-0.4, -0.2) is 36.6 Å². The van der Waals surface area contributed by atoms with Crippen LogP contribution in [0.5, 0.6) is 5.75 Å². The Morgan fingerprint density at radius 3 is 2.33 bits per heavy atom. The van der Waals surface area contributed by atoms with Crippen molar-refractivity contribution in [2.75, 3.05) is 20.6 Å². The number of phenols is 1. The van der Waals surface area contributed by atoms with Crippen molar-refractivity contribution in [3.63, 3.8) is 0 Å². The van der Waals surface area contributed by atoms with Crippen molar-refractivity contribution in [1.82, 2.24) is 10.2 Å². The van der Waals surface area contributed by atoms with Crippen LogP contribution in [0, 0.1) is 5.82 Å². The molecule has 128 valence electrons. The van der Waals surface area contributed by atoms with Crippen molar-refractivity contribution >= 4 is 5.91 Å². The molecule has 0 fully saturated rings. The van der Waals surface area contributed by atoms with Crippen molar-refractivity contribution in [3.8, 4) is 5.75 Å². The molecule has 0 spiro atoms. The maximum atomic E-state index is 13.1. The van der Waals surface area contributed by atoms with E-state index in [1.807, 2.05) is 31.1 Å². The van der Waals surface area contributed by atoms with Gasteiger partial charge < -0.3 is 10.4 Å². The highest BCUT2D eigenvalue weighted by Gasteiger charge is 2.22. The van der Waals surface area contributed by atoms with Gasteiger partial charge in [-0.3, -0.25) is 9.69 Å². The molecule has 0 aliphatic rings. The first-order chi connectivity index (χ1) is 11.5. The van der Waals surface area contributed by atoms with E-state index in [4.69, 9.17) is 0 Å². The van der Waals surface area contributed by atoms with E-state index in [2.05, 4.69) is 5.32 Å². The highest BCUT2D eigenvalue weighted by molar-refractivity contribution is 5.83. The summed E-state index contributed by atoms with van der Waals surface area (Å²) < 4.78 is 13.1. The van der Waals surface area contributed by atoms with E-state index >= 15 is 0 Å². The monoisotopic (exact) mass is 330 g/mol. The summed E-state index contributed by atoms with van der Waals surface area (Å²) in [5.41, 5.74) is 1.88. The van der Waals surface area contributed by atoms with E-state index in [9.17, 15) is 14.3 Å². The summed E-state index contributed by atoms with van der Waals surface area (Å²) in [5, 5.41) is 12.2. The first-order valence-electron chi connectivity index (χ1n) is 7.95. The van der Waals surface area contributed by atoms with Crippen LogP contribution in [0.3, 0.4) is 0 Å². The first-order valence-corrected chi connectivity index (χ1v) is 7.95. The lowest BCUT2D eigenvalue weighted by Gasteiger charge is -2.23. The smallest absolute Gasteiger partial charge is 0.241 e. The standard InChI is InChI=1S/C19H23FN2O2/c1-22(2)18(15-7-9-16(20)10-8-15)19(24)21-13-3-4-14-5-11-17(23)12-6-14/h5-12,18,23H,3-4,13H2,1-2H3,(H,21,24)/t18-/m1/s1. The minimum absolute atomic E-state index is 0.0997. The fraction of sp³-hybridized carbons (Fsp3) is 0.316. The molecule has 2 aromatic rings. The molecule has 0 aliphatic carbocycles. The van der Waals surface area contributed by atoms with E-state index in [-0.39, 0.29) is 17.5 Å². The van der Waals surface area contributed by atoms with Crippen molar-refractivity contribution < 1.29 is 14.3 Å². The number of carbonyl (C=O) groups excluding carboxylic acids is 1. The number of rotatable bonds is 7. The van der Waals surface area contributed by atoms with E-state index in [0.29, 0.717) is 6.54 Å². The molecule has 2 rings (SSSR count). The van der Waals surface area contributed by atoms with Gasteiger partial charge >= 0.3 is 0 Å². The number of carbonyl (C=O) groups is 1. The third-order valence-corrected chi connectivity index (χ3v) is 3.83. The molecular formula is C19H23FN2O2. The summed E-state index contributed by atoms with van der Waals surface area (Å²) in [5.74, 6) is -0.164. The van der Waals surface area contributed by atoms with Gasteiger partial charge in [-0.25, -0.2) is 4.39 Å². The Labute approximate surface area is 141 Å². The van der Waals surface area contributed by atoms with Gasteiger partial charge in [0.05, 0.1) is 0 Å². The summed E-state index contributed by atoms with van der Waals surface area (Å²) >= 11 is 0. The van der Waals surface area contributed by atoms with Gasteiger partial charge in [-0.2, -0.15) is 0 Å². The fourth-order valence-corrected chi connectivity index (χ4v) is 2.59. The number of aryl methyl sites for hydroxylation is 1. The molecule has 4 nitrogen and oxygen atoms in total. The quantitative estimate of drug-likeness (QED) is 0.768. The number of halogens is 1. The number of amides is 1. The van der Waals surface area contributed by atoms with Crippen LogP contribution >= 0.6 is 0 Å². The zero-order valence-corrected chi connectivity index (χ0v) is 14.0. The number of hydrogen-bond acceptors (Lipinski definition) is 3. The zero-order valence-electron chi connectivity index (χ0n) is 14.0. The van der Waals surface area contributed by atoms with Gasteiger partial charge in [-0.1, -0.05) is 24.3 Å². The molecule has 0 unspecified atom stereocenters. The summed E-state index contributed by atoms with van der Waals surface area (Å²) in [7, 11) is 3.65. The molecule has 0 bridgehead atoms. The molecule has 2 N–H and O–H groups in total. The highest BCUT2D eigenvalue weighted by atomic mass is 19.1. The van der Waals surface area contributed by atoms with Gasteiger partial charge in [0.1, 0.15) is 17.6 Å². The number of benzene rings is 2. The lowest BCUT2D eigenvalue weighted by Crippen LogP contribution is -2.37. The van der Waals surface area contributed by atoms with Crippen molar-refractivity contribution in [2.45, 2.75) is 18.9 Å². The van der Waals surface area contributed by atoms with Crippen molar-refractivity contribution in [1.29, 1.82) is 0 Å². The lowest BCUT2D eigenvalue weighted by molar-refractivity contribution is -0.125. The van der Waals surface area contributed by atoms with Crippen LogP contribution in [-0.2, 0) is 11.2 Å².